The molecule has 21 heavy (non-hydrogen) atoms. The standard InChI is InChI=1S/C17H19Cl2N.ClH/c18-11-17(19)14-20(12-15-7-3-1-4-8-15)13-16-9-5-2-6-10-16;/h1-10,17H,11-14H2;1H. The summed E-state index contributed by atoms with van der Waals surface area (Å²) >= 11 is 12.1. The molecule has 1 unspecified atom stereocenters. The minimum atomic E-state index is -0.0240. The highest BCUT2D eigenvalue weighted by Crippen LogP contribution is 2.12. The third kappa shape index (κ3) is 6.71. The van der Waals surface area contributed by atoms with Crippen molar-refractivity contribution >= 4 is 35.6 Å². The molecule has 2 rings (SSSR count). The van der Waals surface area contributed by atoms with Crippen LogP contribution in [0.15, 0.2) is 60.7 Å². The maximum atomic E-state index is 6.22. The number of nitrogens with zero attached hydrogens (tertiary/aromatic N) is 1. The second kappa shape index (κ2) is 10.1. The number of rotatable bonds is 7. The summed E-state index contributed by atoms with van der Waals surface area (Å²) in [4.78, 5) is 2.34. The van der Waals surface area contributed by atoms with Crippen molar-refractivity contribution in [1.82, 2.24) is 4.90 Å². The maximum Gasteiger partial charge on any atom is 0.0598 e. The van der Waals surface area contributed by atoms with E-state index in [4.69, 9.17) is 23.2 Å². The fourth-order valence-corrected chi connectivity index (χ4v) is 2.49. The summed E-state index contributed by atoms with van der Waals surface area (Å²) in [5.74, 6) is 0.474. The van der Waals surface area contributed by atoms with Crippen LogP contribution in [0.5, 0.6) is 0 Å². The summed E-state index contributed by atoms with van der Waals surface area (Å²) in [7, 11) is 0. The van der Waals surface area contributed by atoms with Gasteiger partial charge < -0.3 is 0 Å². The minimum Gasteiger partial charge on any atom is -0.293 e. The van der Waals surface area contributed by atoms with Gasteiger partial charge >= 0.3 is 0 Å². The van der Waals surface area contributed by atoms with E-state index in [0.717, 1.165) is 19.6 Å². The molecule has 0 aliphatic carbocycles. The molecule has 0 saturated carbocycles. The molecule has 0 aliphatic heterocycles. The van der Waals surface area contributed by atoms with Crippen molar-refractivity contribution in [3.05, 3.63) is 71.8 Å². The molecule has 0 radical (unpaired) electrons. The molecule has 0 spiro atoms. The molecule has 0 amide bonds. The lowest BCUT2D eigenvalue weighted by Crippen LogP contribution is -2.30. The number of hydrogen-bond acceptors (Lipinski definition) is 1. The van der Waals surface area contributed by atoms with E-state index in [0.29, 0.717) is 5.88 Å². The summed E-state index contributed by atoms with van der Waals surface area (Å²) < 4.78 is 0. The molecule has 1 nitrogen and oxygen atoms in total. The zero-order valence-electron chi connectivity index (χ0n) is 11.8. The Morgan fingerprint density at radius 3 is 1.62 bits per heavy atom. The van der Waals surface area contributed by atoms with E-state index in [2.05, 4.69) is 53.4 Å². The van der Waals surface area contributed by atoms with E-state index >= 15 is 0 Å². The van der Waals surface area contributed by atoms with E-state index in [1.165, 1.54) is 11.1 Å². The first-order valence-electron chi connectivity index (χ1n) is 6.78. The minimum absolute atomic E-state index is 0. The summed E-state index contributed by atoms with van der Waals surface area (Å²) in [5.41, 5.74) is 2.59. The molecular weight excluding hydrogens is 325 g/mol. The average molecular weight is 345 g/mol. The third-order valence-electron chi connectivity index (χ3n) is 3.12. The highest BCUT2D eigenvalue weighted by molar-refractivity contribution is 6.28. The van der Waals surface area contributed by atoms with E-state index in [1.807, 2.05) is 12.1 Å². The van der Waals surface area contributed by atoms with Gasteiger partial charge in [-0.2, -0.15) is 0 Å². The van der Waals surface area contributed by atoms with Crippen LogP contribution in [0.1, 0.15) is 11.1 Å². The summed E-state index contributed by atoms with van der Waals surface area (Å²) in [6, 6.07) is 20.9. The highest BCUT2D eigenvalue weighted by atomic mass is 35.5. The van der Waals surface area contributed by atoms with Crippen molar-refractivity contribution in [2.24, 2.45) is 0 Å². The van der Waals surface area contributed by atoms with E-state index in [9.17, 15) is 0 Å². The zero-order valence-corrected chi connectivity index (χ0v) is 14.1. The topological polar surface area (TPSA) is 3.24 Å². The van der Waals surface area contributed by atoms with E-state index in [1.54, 1.807) is 0 Å². The molecule has 114 valence electrons. The van der Waals surface area contributed by atoms with Crippen LogP contribution >= 0.6 is 35.6 Å². The molecule has 2 aromatic rings. The second-order valence-corrected chi connectivity index (χ2v) is 5.82. The lowest BCUT2D eigenvalue weighted by atomic mass is 10.1. The van der Waals surface area contributed by atoms with Gasteiger partial charge in [0.1, 0.15) is 0 Å². The SMILES string of the molecule is Cl.ClCC(Cl)CN(Cc1ccccc1)Cc1ccccc1. The van der Waals surface area contributed by atoms with Gasteiger partial charge in [-0.15, -0.1) is 35.6 Å². The Balaban J connectivity index is 0.00000220. The van der Waals surface area contributed by atoms with Crippen molar-refractivity contribution in [2.45, 2.75) is 18.5 Å². The number of halogens is 3. The Bertz CT molecular complexity index is 448. The quantitative estimate of drug-likeness (QED) is 0.642. The number of benzene rings is 2. The van der Waals surface area contributed by atoms with Crippen LogP contribution in [0.2, 0.25) is 0 Å². The monoisotopic (exact) mass is 343 g/mol. The van der Waals surface area contributed by atoms with Crippen molar-refractivity contribution in [3.8, 4) is 0 Å². The molecule has 0 aromatic heterocycles. The van der Waals surface area contributed by atoms with Gasteiger partial charge in [-0.25, -0.2) is 0 Å². The molecule has 2 aromatic carbocycles. The maximum absolute atomic E-state index is 6.22. The molecule has 0 heterocycles. The first-order chi connectivity index (χ1) is 9.78. The Kier molecular flexibility index (Phi) is 8.79. The van der Waals surface area contributed by atoms with Gasteiger partial charge in [0, 0.05) is 25.5 Å². The molecule has 4 heteroatoms. The molecule has 0 fully saturated rings. The summed E-state index contributed by atoms with van der Waals surface area (Å²) in [6.45, 7) is 2.56. The van der Waals surface area contributed by atoms with Crippen LogP contribution in [0.3, 0.4) is 0 Å². The van der Waals surface area contributed by atoms with E-state index in [-0.39, 0.29) is 17.8 Å². The Hall–Kier alpha value is -0.730. The van der Waals surface area contributed by atoms with Gasteiger partial charge in [-0.05, 0) is 11.1 Å². The smallest absolute Gasteiger partial charge is 0.0598 e. The van der Waals surface area contributed by atoms with Crippen molar-refractivity contribution in [1.29, 1.82) is 0 Å². The predicted molar refractivity (Wildman–Crippen MR) is 94.6 cm³/mol. The van der Waals surface area contributed by atoms with Crippen LogP contribution in [-0.2, 0) is 13.1 Å². The Morgan fingerprint density at radius 1 is 0.810 bits per heavy atom. The summed E-state index contributed by atoms with van der Waals surface area (Å²) in [6.07, 6.45) is 0. The fraction of sp³-hybridized carbons (Fsp3) is 0.294. The number of alkyl halides is 2. The van der Waals surface area contributed by atoms with Crippen molar-refractivity contribution < 1.29 is 0 Å². The normalized spacial score (nSPS) is 12.0. The van der Waals surface area contributed by atoms with Crippen LogP contribution < -0.4 is 0 Å². The lowest BCUT2D eigenvalue weighted by molar-refractivity contribution is 0.260. The van der Waals surface area contributed by atoms with Gasteiger partial charge in [-0.3, -0.25) is 4.90 Å². The van der Waals surface area contributed by atoms with Crippen LogP contribution in [-0.4, -0.2) is 22.7 Å². The lowest BCUT2D eigenvalue weighted by Gasteiger charge is -2.24. The molecule has 0 N–H and O–H groups in total. The first kappa shape index (κ1) is 18.3. The Labute approximate surface area is 143 Å². The van der Waals surface area contributed by atoms with Gasteiger partial charge in [0.05, 0.1) is 5.38 Å². The second-order valence-electron chi connectivity index (χ2n) is 4.89. The predicted octanol–water partition coefficient (Wildman–Crippen LogP) is 4.96. The number of hydrogen-bond donors (Lipinski definition) is 0. The Morgan fingerprint density at radius 2 is 1.24 bits per heavy atom. The van der Waals surface area contributed by atoms with Crippen LogP contribution in [0.25, 0.3) is 0 Å². The van der Waals surface area contributed by atoms with Gasteiger partial charge in [-0.1, -0.05) is 60.7 Å². The van der Waals surface area contributed by atoms with Crippen LogP contribution in [0.4, 0.5) is 0 Å². The van der Waals surface area contributed by atoms with Gasteiger partial charge in [0.25, 0.3) is 0 Å². The first-order valence-corrected chi connectivity index (χ1v) is 7.75. The molecule has 0 saturated heterocycles. The average Bonchev–Trinajstić information content (AvgIpc) is 2.49. The summed E-state index contributed by atoms with van der Waals surface area (Å²) in [5, 5.41) is -0.0240. The third-order valence-corrected chi connectivity index (χ3v) is 3.94. The highest BCUT2D eigenvalue weighted by Gasteiger charge is 2.12. The van der Waals surface area contributed by atoms with Crippen molar-refractivity contribution in [3.63, 3.8) is 0 Å². The molecule has 0 aliphatic rings. The van der Waals surface area contributed by atoms with Gasteiger partial charge in [0.2, 0.25) is 0 Å². The van der Waals surface area contributed by atoms with E-state index < -0.39 is 0 Å². The molecular formula is C17H20Cl3N. The molecule has 0 bridgehead atoms. The fourth-order valence-electron chi connectivity index (χ4n) is 2.20. The largest absolute Gasteiger partial charge is 0.293 e. The van der Waals surface area contributed by atoms with Gasteiger partial charge in [0.15, 0.2) is 0 Å². The zero-order chi connectivity index (χ0) is 14.2. The van der Waals surface area contributed by atoms with Crippen LogP contribution in [0, 0.1) is 0 Å². The molecule has 1 atom stereocenters. The van der Waals surface area contributed by atoms with Crippen molar-refractivity contribution in [2.75, 3.05) is 12.4 Å².